The third-order valence-corrected chi connectivity index (χ3v) is 3.90. The molecule has 1 aromatic carbocycles. The van der Waals surface area contributed by atoms with Gasteiger partial charge in [0.2, 0.25) is 0 Å². The first-order chi connectivity index (χ1) is 11.5. The van der Waals surface area contributed by atoms with Gasteiger partial charge in [0, 0.05) is 11.6 Å². The molecule has 0 saturated heterocycles. The Morgan fingerprint density at radius 3 is 2.67 bits per heavy atom. The molecule has 0 fully saturated rings. The van der Waals surface area contributed by atoms with E-state index in [9.17, 15) is 4.79 Å². The van der Waals surface area contributed by atoms with Crippen LogP contribution in [0, 0.1) is 6.92 Å². The third-order valence-electron chi connectivity index (χ3n) is 3.40. The molecule has 0 aliphatic rings. The summed E-state index contributed by atoms with van der Waals surface area (Å²) in [6.45, 7) is 4.24. The molecule has 1 heterocycles. The molecule has 0 unspecified atom stereocenters. The molecule has 1 aromatic heterocycles. The second-order valence-corrected chi connectivity index (χ2v) is 5.97. The van der Waals surface area contributed by atoms with Gasteiger partial charge in [-0.15, -0.1) is 0 Å². The minimum atomic E-state index is -0.326. The number of carbonyl (C=O) groups is 1. The summed E-state index contributed by atoms with van der Waals surface area (Å²) in [7, 11) is 0. The molecule has 0 saturated carbocycles. The molecule has 0 bridgehead atoms. The SMILES string of the molecule is CCc1noc(C)c1C(=O)NNC(=S)NCCc1ccc(Cl)cc1. The van der Waals surface area contributed by atoms with Gasteiger partial charge in [-0.05, 0) is 49.7 Å². The minimum absolute atomic E-state index is 0.326. The summed E-state index contributed by atoms with van der Waals surface area (Å²) in [5, 5.41) is 7.92. The number of amides is 1. The molecule has 1 amide bonds. The number of hydrogen-bond acceptors (Lipinski definition) is 4. The third kappa shape index (κ3) is 4.94. The van der Waals surface area contributed by atoms with E-state index in [2.05, 4.69) is 21.3 Å². The smallest absolute Gasteiger partial charge is 0.275 e. The molecule has 0 atom stereocenters. The molecule has 24 heavy (non-hydrogen) atoms. The van der Waals surface area contributed by atoms with Crippen molar-refractivity contribution in [1.29, 1.82) is 0 Å². The Labute approximate surface area is 150 Å². The summed E-state index contributed by atoms with van der Waals surface area (Å²) in [5.41, 5.74) is 7.42. The summed E-state index contributed by atoms with van der Waals surface area (Å²) in [6, 6.07) is 7.62. The molecule has 6 nitrogen and oxygen atoms in total. The van der Waals surface area contributed by atoms with Gasteiger partial charge in [-0.1, -0.05) is 35.8 Å². The lowest BCUT2D eigenvalue weighted by atomic mass is 10.1. The molecule has 0 aliphatic heterocycles. The Balaban J connectivity index is 1.75. The van der Waals surface area contributed by atoms with Crippen LogP contribution in [0.25, 0.3) is 0 Å². The summed E-state index contributed by atoms with van der Waals surface area (Å²) >= 11 is 11.0. The van der Waals surface area contributed by atoms with Gasteiger partial charge in [0.1, 0.15) is 11.3 Å². The van der Waals surface area contributed by atoms with E-state index in [4.69, 9.17) is 28.3 Å². The van der Waals surface area contributed by atoms with E-state index < -0.39 is 0 Å². The number of carbonyl (C=O) groups excluding carboxylic acids is 1. The van der Waals surface area contributed by atoms with Crippen LogP contribution in [0.5, 0.6) is 0 Å². The van der Waals surface area contributed by atoms with Gasteiger partial charge in [0.15, 0.2) is 5.11 Å². The lowest BCUT2D eigenvalue weighted by Gasteiger charge is -2.11. The van der Waals surface area contributed by atoms with E-state index in [-0.39, 0.29) is 5.91 Å². The number of rotatable bonds is 5. The molecule has 2 aromatic rings. The highest BCUT2D eigenvalue weighted by atomic mass is 35.5. The van der Waals surface area contributed by atoms with Crippen LogP contribution in [0.3, 0.4) is 0 Å². The predicted octanol–water partition coefficient (Wildman–Crippen LogP) is 2.55. The number of aromatic nitrogens is 1. The van der Waals surface area contributed by atoms with Crippen LogP contribution < -0.4 is 16.2 Å². The number of nitrogens with zero attached hydrogens (tertiary/aromatic N) is 1. The average Bonchev–Trinajstić information content (AvgIpc) is 2.95. The standard InChI is InChI=1S/C16H19ClN4O2S/c1-3-13-14(10(2)23-21-13)15(22)19-20-16(24)18-9-8-11-4-6-12(17)7-5-11/h4-7H,3,8-9H2,1-2H3,(H,19,22)(H2,18,20,24). The van der Waals surface area contributed by atoms with Gasteiger partial charge in [-0.2, -0.15) is 0 Å². The maximum Gasteiger partial charge on any atom is 0.275 e. The monoisotopic (exact) mass is 366 g/mol. The quantitative estimate of drug-likeness (QED) is 0.557. The molecule has 8 heteroatoms. The largest absolute Gasteiger partial charge is 0.361 e. The van der Waals surface area contributed by atoms with Gasteiger partial charge >= 0.3 is 0 Å². The topological polar surface area (TPSA) is 79.2 Å². The highest BCUT2D eigenvalue weighted by Gasteiger charge is 2.18. The minimum Gasteiger partial charge on any atom is -0.361 e. The normalized spacial score (nSPS) is 10.3. The lowest BCUT2D eigenvalue weighted by molar-refractivity contribution is 0.0941. The number of hydrazine groups is 1. The van der Waals surface area contributed by atoms with Crippen molar-refractivity contribution in [3.8, 4) is 0 Å². The van der Waals surface area contributed by atoms with Crippen molar-refractivity contribution >= 4 is 34.8 Å². The van der Waals surface area contributed by atoms with Crippen LogP contribution in [0.1, 0.15) is 34.3 Å². The lowest BCUT2D eigenvalue weighted by Crippen LogP contribution is -2.47. The number of nitrogens with one attached hydrogen (secondary N) is 3. The predicted molar refractivity (Wildman–Crippen MR) is 97.0 cm³/mol. The van der Waals surface area contributed by atoms with Crippen molar-refractivity contribution in [1.82, 2.24) is 21.3 Å². The van der Waals surface area contributed by atoms with Crippen molar-refractivity contribution in [3.63, 3.8) is 0 Å². The van der Waals surface area contributed by atoms with Crippen LogP contribution in [-0.4, -0.2) is 22.7 Å². The Hall–Kier alpha value is -2.12. The fourth-order valence-electron chi connectivity index (χ4n) is 2.14. The van der Waals surface area contributed by atoms with Crippen molar-refractivity contribution in [3.05, 3.63) is 51.9 Å². The van der Waals surface area contributed by atoms with Crippen LogP contribution >= 0.6 is 23.8 Å². The molecule has 128 valence electrons. The second kappa shape index (κ2) is 8.65. The van der Waals surface area contributed by atoms with E-state index in [0.29, 0.717) is 40.1 Å². The van der Waals surface area contributed by atoms with Crippen molar-refractivity contribution < 1.29 is 9.32 Å². The summed E-state index contributed by atoms with van der Waals surface area (Å²) in [6.07, 6.45) is 1.40. The van der Waals surface area contributed by atoms with Gasteiger partial charge in [-0.25, -0.2) is 0 Å². The van der Waals surface area contributed by atoms with Crippen LogP contribution in [0.2, 0.25) is 5.02 Å². The van der Waals surface area contributed by atoms with Crippen molar-refractivity contribution in [2.75, 3.05) is 6.54 Å². The molecule has 0 spiro atoms. The zero-order chi connectivity index (χ0) is 17.5. The van der Waals surface area contributed by atoms with Crippen LogP contribution in [0.15, 0.2) is 28.8 Å². The van der Waals surface area contributed by atoms with E-state index in [0.717, 1.165) is 12.0 Å². The highest BCUT2D eigenvalue weighted by Crippen LogP contribution is 2.13. The number of halogens is 1. The van der Waals surface area contributed by atoms with Crippen molar-refractivity contribution in [2.45, 2.75) is 26.7 Å². The zero-order valence-electron chi connectivity index (χ0n) is 13.5. The molecular formula is C16H19ClN4O2S. The van der Waals surface area contributed by atoms with E-state index >= 15 is 0 Å². The maximum absolute atomic E-state index is 12.2. The average molecular weight is 367 g/mol. The molecule has 0 aliphatic carbocycles. The Morgan fingerprint density at radius 2 is 2.00 bits per heavy atom. The Kier molecular flexibility index (Phi) is 6.57. The van der Waals surface area contributed by atoms with E-state index in [1.54, 1.807) is 6.92 Å². The van der Waals surface area contributed by atoms with E-state index in [1.165, 1.54) is 0 Å². The first-order valence-corrected chi connectivity index (χ1v) is 8.33. The Morgan fingerprint density at radius 1 is 1.29 bits per heavy atom. The summed E-state index contributed by atoms with van der Waals surface area (Å²) < 4.78 is 5.04. The molecular weight excluding hydrogens is 348 g/mol. The van der Waals surface area contributed by atoms with Crippen LogP contribution in [-0.2, 0) is 12.8 Å². The summed E-state index contributed by atoms with van der Waals surface area (Å²) in [5.74, 6) is 0.153. The van der Waals surface area contributed by atoms with E-state index in [1.807, 2.05) is 31.2 Å². The number of thiocarbonyl (C=S) groups is 1. The fourth-order valence-corrected chi connectivity index (χ4v) is 2.42. The highest BCUT2D eigenvalue weighted by molar-refractivity contribution is 7.80. The maximum atomic E-state index is 12.2. The molecule has 0 radical (unpaired) electrons. The molecule has 3 N–H and O–H groups in total. The number of hydrogen-bond donors (Lipinski definition) is 3. The first-order valence-electron chi connectivity index (χ1n) is 7.55. The van der Waals surface area contributed by atoms with Crippen molar-refractivity contribution in [2.24, 2.45) is 0 Å². The van der Waals surface area contributed by atoms with Gasteiger partial charge < -0.3 is 9.84 Å². The summed E-state index contributed by atoms with van der Waals surface area (Å²) in [4.78, 5) is 12.2. The number of benzene rings is 1. The molecule has 2 rings (SSSR count). The zero-order valence-corrected chi connectivity index (χ0v) is 15.1. The van der Waals surface area contributed by atoms with Crippen LogP contribution in [0.4, 0.5) is 0 Å². The Bertz CT molecular complexity index is 715. The van der Waals surface area contributed by atoms with Gasteiger partial charge in [0.05, 0.1) is 5.69 Å². The fraction of sp³-hybridized carbons (Fsp3) is 0.312. The van der Waals surface area contributed by atoms with Gasteiger partial charge in [0.25, 0.3) is 5.91 Å². The van der Waals surface area contributed by atoms with Gasteiger partial charge in [-0.3, -0.25) is 15.6 Å². The second-order valence-electron chi connectivity index (χ2n) is 5.13. The first kappa shape index (κ1) is 18.2. The number of aryl methyl sites for hydroxylation is 2.